The van der Waals surface area contributed by atoms with E-state index in [1.165, 1.54) is 18.3 Å². The summed E-state index contributed by atoms with van der Waals surface area (Å²) in [5.74, 6) is 0.132. The molecule has 0 aliphatic carbocycles. The van der Waals surface area contributed by atoms with Crippen molar-refractivity contribution in [3.8, 4) is 11.3 Å². The average molecular weight is 290 g/mol. The molecule has 0 atom stereocenters. The van der Waals surface area contributed by atoms with Crippen molar-refractivity contribution in [1.29, 1.82) is 0 Å². The summed E-state index contributed by atoms with van der Waals surface area (Å²) in [6, 6.07) is 6.24. The Morgan fingerprint density at radius 3 is 2.95 bits per heavy atom. The van der Waals surface area contributed by atoms with Gasteiger partial charge in [-0.25, -0.2) is 9.37 Å². The van der Waals surface area contributed by atoms with Crippen molar-refractivity contribution in [2.24, 2.45) is 0 Å². The standard InChI is InChI=1S/C15H19FN4O/c1-11(2)21-8-4-7-17-15-19-14(10-18-20-15)12-5-3-6-13(16)9-12/h3,5-6,9-11H,4,7-8H2,1-2H3,(H,17,19,20). The number of aromatic nitrogens is 3. The number of ether oxygens (including phenoxy) is 1. The maximum Gasteiger partial charge on any atom is 0.243 e. The lowest BCUT2D eigenvalue weighted by molar-refractivity contribution is 0.0787. The van der Waals surface area contributed by atoms with E-state index in [2.05, 4.69) is 20.5 Å². The fraction of sp³-hybridized carbons (Fsp3) is 0.400. The molecule has 0 aliphatic heterocycles. The molecular formula is C15H19FN4O. The zero-order chi connectivity index (χ0) is 15.1. The van der Waals surface area contributed by atoms with Crippen molar-refractivity contribution in [3.05, 3.63) is 36.3 Å². The van der Waals surface area contributed by atoms with Crippen LogP contribution in [0.2, 0.25) is 0 Å². The van der Waals surface area contributed by atoms with Gasteiger partial charge in [0.15, 0.2) is 0 Å². The van der Waals surface area contributed by atoms with Gasteiger partial charge in [-0.2, -0.15) is 5.10 Å². The van der Waals surface area contributed by atoms with Crippen molar-refractivity contribution in [1.82, 2.24) is 15.2 Å². The van der Waals surface area contributed by atoms with Crippen LogP contribution in [0, 0.1) is 5.82 Å². The Morgan fingerprint density at radius 1 is 1.33 bits per heavy atom. The third kappa shape index (κ3) is 5.07. The van der Waals surface area contributed by atoms with Crippen LogP contribution in [0.1, 0.15) is 20.3 Å². The van der Waals surface area contributed by atoms with E-state index in [1.54, 1.807) is 12.1 Å². The van der Waals surface area contributed by atoms with Crippen LogP contribution in [0.4, 0.5) is 10.3 Å². The topological polar surface area (TPSA) is 59.9 Å². The van der Waals surface area contributed by atoms with Crippen LogP contribution in [0.15, 0.2) is 30.5 Å². The van der Waals surface area contributed by atoms with Gasteiger partial charge in [-0.05, 0) is 32.4 Å². The lowest BCUT2D eigenvalue weighted by Crippen LogP contribution is -2.11. The number of nitrogens with one attached hydrogen (secondary N) is 1. The minimum atomic E-state index is -0.300. The fourth-order valence-corrected chi connectivity index (χ4v) is 1.76. The van der Waals surface area contributed by atoms with E-state index in [9.17, 15) is 4.39 Å². The van der Waals surface area contributed by atoms with Gasteiger partial charge in [0.2, 0.25) is 5.95 Å². The monoisotopic (exact) mass is 290 g/mol. The van der Waals surface area contributed by atoms with Crippen LogP contribution in [0.5, 0.6) is 0 Å². The average Bonchev–Trinajstić information content (AvgIpc) is 2.47. The Morgan fingerprint density at radius 2 is 2.19 bits per heavy atom. The first-order valence-corrected chi connectivity index (χ1v) is 6.96. The summed E-state index contributed by atoms with van der Waals surface area (Å²) in [5.41, 5.74) is 1.27. The van der Waals surface area contributed by atoms with Crippen molar-refractivity contribution in [2.75, 3.05) is 18.5 Å². The normalized spacial score (nSPS) is 10.9. The first-order valence-electron chi connectivity index (χ1n) is 6.96. The fourth-order valence-electron chi connectivity index (χ4n) is 1.76. The second-order valence-electron chi connectivity index (χ2n) is 4.88. The third-order valence-electron chi connectivity index (χ3n) is 2.73. The molecule has 0 saturated carbocycles. The minimum Gasteiger partial charge on any atom is -0.379 e. The lowest BCUT2D eigenvalue weighted by atomic mass is 10.2. The molecule has 5 nitrogen and oxygen atoms in total. The highest BCUT2D eigenvalue weighted by molar-refractivity contribution is 5.58. The molecule has 0 spiro atoms. The van der Waals surface area contributed by atoms with E-state index in [1.807, 2.05) is 13.8 Å². The highest BCUT2D eigenvalue weighted by Crippen LogP contribution is 2.17. The van der Waals surface area contributed by atoms with E-state index >= 15 is 0 Å². The molecule has 0 unspecified atom stereocenters. The van der Waals surface area contributed by atoms with E-state index in [4.69, 9.17) is 4.74 Å². The van der Waals surface area contributed by atoms with Crippen LogP contribution < -0.4 is 5.32 Å². The summed E-state index contributed by atoms with van der Waals surface area (Å²) in [6.45, 7) is 5.38. The molecule has 0 bridgehead atoms. The Hall–Kier alpha value is -2.08. The highest BCUT2D eigenvalue weighted by atomic mass is 19.1. The zero-order valence-electron chi connectivity index (χ0n) is 12.2. The van der Waals surface area contributed by atoms with Crippen LogP contribution >= 0.6 is 0 Å². The molecule has 0 radical (unpaired) electrons. The minimum absolute atomic E-state index is 0.235. The molecule has 1 N–H and O–H groups in total. The molecule has 1 aromatic heterocycles. The van der Waals surface area contributed by atoms with Crippen molar-refractivity contribution in [3.63, 3.8) is 0 Å². The summed E-state index contributed by atoms with van der Waals surface area (Å²) in [7, 11) is 0. The Labute approximate surface area is 123 Å². The number of hydrogen-bond donors (Lipinski definition) is 1. The first-order chi connectivity index (χ1) is 10.1. The summed E-state index contributed by atoms with van der Waals surface area (Å²) in [6.07, 6.45) is 2.60. The molecule has 2 aromatic rings. The van der Waals surface area contributed by atoms with E-state index < -0.39 is 0 Å². The largest absolute Gasteiger partial charge is 0.379 e. The molecule has 6 heteroatoms. The maximum absolute atomic E-state index is 13.2. The van der Waals surface area contributed by atoms with E-state index in [0.29, 0.717) is 30.4 Å². The second-order valence-corrected chi connectivity index (χ2v) is 4.88. The lowest BCUT2D eigenvalue weighted by Gasteiger charge is -2.08. The molecule has 2 rings (SSSR count). The van der Waals surface area contributed by atoms with Crippen LogP contribution in [-0.2, 0) is 4.74 Å². The number of rotatable bonds is 7. The van der Waals surface area contributed by atoms with Crippen LogP contribution in [-0.4, -0.2) is 34.4 Å². The summed E-state index contributed by atoms with van der Waals surface area (Å²) in [5, 5.41) is 10.9. The SMILES string of the molecule is CC(C)OCCCNc1nncc(-c2cccc(F)c2)n1. The van der Waals surface area contributed by atoms with Gasteiger partial charge in [0.05, 0.1) is 18.0 Å². The molecule has 1 aromatic carbocycles. The first kappa shape index (κ1) is 15.3. The maximum atomic E-state index is 13.2. The Bertz CT molecular complexity index is 577. The molecule has 0 aliphatic rings. The number of nitrogens with zero attached hydrogens (tertiary/aromatic N) is 3. The number of benzene rings is 1. The number of anilines is 1. The van der Waals surface area contributed by atoms with Gasteiger partial charge in [-0.1, -0.05) is 12.1 Å². The molecule has 1 heterocycles. The molecule has 112 valence electrons. The molecule has 0 fully saturated rings. The Balaban J connectivity index is 1.92. The summed E-state index contributed by atoms with van der Waals surface area (Å²) < 4.78 is 18.7. The second kappa shape index (κ2) is 7.64. The third-order valence-corrected chi connectivity index (χ3v) is 2.73. The van der Waals surface area contributed by atoms with Gasteiger partial charge in [-0.15, -0.1) is 5.10 Å². The van der Waals surface area contributed by atoms with Crippen molar-refractivity contribution >= 4 is 5.95 Å². The predicted octanol–water partition coefficient (Wildman–Crippen LogP) is 2.90. The van der Waals surface area contributed by atoms with Crippen molar-refractivity contribution in [2.45, 2.75) is 26.4 Å². The molecule has 0 amide bonds. The van der Waals surface area contributed by atoms with Gasteiger partial charge in [0.25, 0.3) is 0 Å². The zero-order valence-corrected chi connectivity index (χ0v) is 12.2. The summed E-state index contributed by atoms with van der Waals surface area (Å²) >= 11 is 0. The smallest absolute Gasteiger partial charge is 0.243 e. The van der Waals surface area contributed by atoms with E-state index in [0.717, 1.165) is 6.42 Å². The highest BCUT2D eigenvalue weighted by Gasteiger charge is 2.04. The van der Waals surface area contributed by atoms with Crippen LogP contribution in [0.3, 0.4) is 0 Å². The molecule has 21 heavy (non-hydrogen) atoms. The molecule has 0 saturated heterocycles. The quantitative estimate of drug-likeness (QED) is 0.794. The van der Waals surface area contributed by atoms with Crippen LogP contribution in [0.25, 0.3) is 11.3 Å². The summed E-state index contributed by atoms with van der Waals surface area (Å²) in [4.78, 5) is 4.32. The van der Waals surface area contributed by atoms with Gasteiger partial charge < -0.3 is 10.1 Å². The number of halogens is 1. The molecular weight excluding hydrogens is 271 g/mol. The van der Waals surface area contributed by atoms with Crippen molar-refractivity contribution < 1.29 is 9.13 Å². The Kier molecular flexibility index (Phi) is 5.57. The van der Waals surface area contributed by atoms with E-state index in [-0.39, 0.29) is 11.9 Å². The number of hydrogen-bond acceptors (Lipinski definition) is 5. The predicted molar refractivity (Wildman–Crippen MR) is 79.4 cm³/mol. The van der Waals surface area contributed by atoms with Gasteiger partial charge in [-0.3, -0.25) is 0 Å². The van der Waals surface area contributed by atoms with Gasteiger partial charge in [0.1, 0.15) is 5.82 Å². The van der Waals surface area contributed by atoms with Gasteiger partial charge >= 0.3 is 0 Å². The van der Waals surface area contributed by atoms with Gasteiger partial charge in [0, 0.05) is 18.7 Å².